The second-order valence-electron chi connectivity index (χ2n) is 4.86. The number of nitrogens with zero attached hydrogens (tertiary/aromatic N) is 1. The van der Waals surface area contributed by atoms with Crippen LogP contribution in [-0.4, -0.2) is 24.3 Å². The Hall–Kier alpha value is -1.13. The Labute approximate surface area is 108 Å². The average Bonchev–Trinajstić information content (AvgIpc) is 2.39. The predicted molar refractivity (Wildman–Crippen MR) is 70.5 cm³/mol. The van der Waals surface area contributed by atoms with E-state index in [1.54, 1.807) is 7.11 Å². The van der Waals surface area contributed by atoms with Crippen molar-refractivity contribution >= 4 is 0 Å². The van der Waals surface area contributed by atoms with E-state index in [-0.39, 0.29) is 6.10 Å². The summed E-state index contributed by atoms with van der Waals surface area (Å²) in [6.07, 6.45) is 4.88. The molecular formula is C14H22N2O2. The van der Waals surface area contributed by atoms with Crippen LogP contribution in [0.2, 0.25) is 0 Å². The summed E-state index contributed by atoms with van der Waals surface area (Å²) in [4.78, 5) is 4.45. The third kappa shape index (κ3) is 3.21. The molecule has 1 aromatic rings. The second-order valence-corrected chi connectivity index (χ2v) is 4.86. The van der Waals surface area contributed by atoms with E-state index in [4.69, 9.17) is 15.2 Å². The SMILES string of the molecule is COC1CCCC(Oc2ccc(CN)c(C)n2)C1. The fourth-order valence-corrected chi connectivity index (χ4v) is 2.44. The number of aryl methyl sites for hydroxylation is 1. The molecule has 2 atom stereocenters. The Morgan fingerprint density at radius 1 is 1.33 bits per heavy atom. The summed E-state index contributed by atoms with van der Waals surface area (Å²) in [6, 6.07) is 3.90. The van der Waals surface area contributed by atoms with E-state index in [2.05, 4.69) is 4.98 Å². The fraction of sp³-hybridized carbons (Fsp3) is 0.643. The minimum atomic E-state index is 0.222. The minimum Gasteiger partial charge on any atom is -0.474 e. The molecule has 0 bridgehead atoms. The summed E-state index contributed by atoms with van der Waals surface area (Å²) >= 11 is 0. The van der Waals surface area contributed by atoms with Crippen molar-refractivity contribution in [2.24, 2.45) is 5.73 Å². The summed E-state index contributed by atoms with van der Waals surface area (Å²) in [7, 11) is 1.77. The van der Waals surface area contributed by atoms with Crippen molar-refractivity contribution in [3.05, 3.63) is 23.4 Å². The quantitative estimate of drug-likeness (QED) is 0.890. The van der Waals surface area contributed by atoms with Gasteiger partial charge in [-0.05, 0) is 31.7 Å². The summed E-state index contributed by atoms with van der Waals surface area (Å²) < 4.78 is 11.3. The van der Waals surface area contributed by atoms with Gasteiger partial charge in [-0.15, -0.1) is 0 Å². The molecule has 1 heterocycles. The van der Waals surface area contributed by atoms with Gasteiger partial charge in [0, 0.05) is 31.8 Å². The van der Waals surface area contributed by atoms with Gasteiger partial charge in [-0.1, -0.05) is 6.07 Å². The van der Waals surface area contributed by atoms with Gasteiger partial charge in [0.1, 0.15) is 6.10 Å². The Morgan fingerprint density at radius 3 is 2.78 bits per heavy atom. The van der Waals surface area contributed by atoms with Crippen LogP contribution in [0.15, 0.2) is 12.1 Å². The largest absolute Gasteiger partial charge is 0.474 e. The molecule has 0 radical (unpaired) electrons. The highest BCUT2D eigenvalue weighted by atomic mass is 16.5. The maximum atomic E-state index is 5.94. The molecule has 0 saturated heterocycles. The third-order valence-corrected chi connectivity index (χ3v) is 3.59. The van der Waals surface area contributed by atoms with Crippen LogP contribution in [0.25, 0.3) is 0 Å². The molecule has 18 heavy (non-hydrogen) atoms. The highest BCUT2D eigenvalue weighted by molar-refractivity contribution is 5.24. The molecule has 0 aliphatic heterocycles. The summed E-state index contributed by atoms with van der Waals surface area (Å²) in [5.74, 6) is 0.700. The maximum absolute atomic E-state index is 5.94. The maximum Gasteiger partial charge on any atom is 0.213 e. The molecule has 1 aliphatic carbocycles. The van der Waals surface area contributed by atoms with Crippen LogP contribution in [0.3, 0.4) is 0 Å². The van der Waals surface area contributed by atoms with Gasteiger partial charge in [-0.25, -0.2) is 4.98 Å². The van der Waals surface area contributed by atoms with Crippen molar-refractivity contribution < 1.29 is 9.47 Å². The van der Waals surface area contributed by atoms with Crippen LogP contribution < -0.4 is 10.5 Å². The Kier molecular flexibility index (Phi) is 4.55. The number of hydrogen-bond donors (Lipinski definition) is 1. The summed E-state index contributed by atoms with van der Waals surface area (Å²) in [5, 5.41) is 0. The molecule has 100 valence electrons. The molecule has 4 heteroatoms. The van der Waals surface area contributed by atoms with Gasteiger partial charge in [-0.2, -0.15) is 0 Å². The van der Waals surface area contributed by atoms with Crippen LogP contribution in [0.5, 0.6) is 5.88 Å². The van der Waals surface area contributed by atoms with Gasteiger partial charge in [0.2, 0.25) is 5.88 Å². The summed E-state index contributed by atoms with van der Waals surface area (Å²) in [5.41, 5.74) is 7.65. The van der Waals surface area contributed by atoms with Gasteiger partial charge in [-0.3, -0.25) is 0 Å². The van der Waals surface area contributed by atoms with Gasteiger partial charge in [0.25, 0.3) is 0 Å². The minimum absolute atomic E-state index is 0.222. The first-order chi connectivity index (χ1) is 8.72. The first kappa shape index (κ1) is 13.3. The molecule has 1 aromatic heterocycles. The lowest BCUT2D eigenvalue weighted by molar-refractivity contribution is 0.0194. The second kappa shape index (κ2) is 6.16. The normalized spacial score (nSPS) is 23.9. The number of nitrogens with two attached hydrogens (primary N) is 1. The predicted octanol–water partition coefficient (Wildman–Crippen LogP) is 2.19. The molecule has 0 spiro atoms. The van der Waals surface area contributed by atoms with Crippen molar-refractivity contribution in [2.75, 3.05) is 7.11 Å². The van der Waals surface area contributed by atoms with E-state index in [9.17, 15) is 0 Å². The molecule has 2 unspecified atom stereocenters. The zero-order valence-corrected chi connectivity index (χ0v) is 11.2. The number of rotatable bonds is 4. The van der Waals surface area contributed by atoms with E-state index in [0.29, 0.717) is 18.5 Å². The number of pyridine rings is 1. The Bertz CT molecular complexity index is 395. The lowest BCUT2D eigenvalue weighted by atomic mass is 9.95. The molecule has 2 N–H and O–H groups in total. The number of hydrogen-bond acceptors (Lipinski definition) is 4. The van der Waals surface area contributed by atoms with Crippen molar-refractivity contribution in [3.63, 3.8) is 0 Å². The summed E-state index contributed by atoms with van der Waals surface area (Å²) in [6.45, 7) is 2.49. The van der Waals surface area contributed by atoms with Crippen LogP contribution in [0.4, 0.5) is 0 Å². The zero-order chi connectivity index (χ0) is 13.0. The molecule has 0 amide bonds. The van der Waals surface area contributed by atoms with Crippen LogP contribution in [-0.2, 0) is 11.3 Å². The molecule has 4 nitrogen and oxygen atoms in total. The Morgan fingerprint density at radius 2 is 2.11 bits per heavy atom. The average molecular weight is 250 g/mol. The van der Waals surface area contributed by atoms with Crippen LogP contribution in [0, 0.1) is 6.92 Å². The Balaban J connectivity index is 1.98. The lowest BCUT2D eigenvalue weighted by Gasteiger charge is -2.28. The van der Waals surface area contributed by atoms with E-state index in [0.717, 1.165) is 36.9 Å². The molecule has 1 aliphatic rings. The van der Waals surface area contributed by atoms with Gasteiger partial charge in [0.05, 0.1) is 6.10 Å². The van der Waals surface area contributed by atoms with Gasteiger partial charge < -0.3 is 15.2 Å². The third-order valence-electron chi connectivity index (χ3n) is 3.59. The van der Waals surface area contributed by atoms with Crippen molar-refractivity contribution in [1.29, 1.82) is 0 Å². The molecule has 2 rings (SSSR count). The first-order valence-corrected chi connectivity index (χ1v) is 6.59. The van der Waals surface area contributed by atoms with E-state index in [1.165, 1.54) is 0 Å². The number of methoxy groups -OCH3 is 1. The highest BCUT2D eigenvalue weighted by Gasteiger charge is 2.23. The monoisotopic (exact) mass is 250 g/mol. The van der Waals surface area contributed by atoms with Gasteiger partial charge in [0.15, 0.2) is 0 Å². The molecule has 1 fully saturated rings. The standard InChI is InChI=1S/C14H22N2O2/c1-10-11(9-15)6-7-14(16-10)18-13-5-3-4-12(8-13)17-2/h6-7,12-13H,3-5,8-9,15H2,1-2H3. The van der Waals surface area contributed by atoms with Crippen LogP contribution in [0.1, 0.15) is 36.9 Å². The molecular weight excluding hydrogens is 228 g/mol. The van der Waals surface area contributed by atoms with E-state index < -0.39 is 0 Å². The smallest absolute Gasteiger partial charge is 0.213 e. The molecule has 1 saturated carbocycles. The molecule has 0 aromatic carbocycles. The van der Waals surface area contributed by atoms with Crippen molar-refractivity contribution in [3.8, 4) is 5.88 Å². The first-order valence-electron chi connectivity index (χ1n) is 6.59. The lowest BCUT2D eigenvalue weighted by Crippen LogP contribution is -2.29. The van der Waals surface area contributed by atoms with E-state index in [1.807, 2.05) is 19.1 Å². The number of ether oxygens (including phenoxy) is 2. The zero-order valence-electron chi connectivity index (χ0n) is 11.2. The van der Waals surface area contributed by atoms with Gasteiger partial charge >= 0.3 is 0 Å². The van der Waals surface area contributed by atoms with Crippen molar-refractivity contribution in [1.82, 2.24) is 4.98 Å². The topological polar surface area (TPSA) is 57.4 Å². The fourth-order valence-electron chi connectivity index (χ4n) is 2.44. The van der Waals surface area contributed by atoms with Crippen LogP contribution >= 0.6 is 0 Å². The number of aromatic nitrogens is 1. The van der Waals surface area contributed by atoms with E-state index >= 15 is 0 Å². The highest BCUT2D eigenvalue weighted by Crippen LogP contribution is 2.24. The van der Waals surface area contributed by atoms with Crippen molar-refractivity contribution in [2.45, 2.75) is 51.4 Å².